The van der Waals surface area contributed by atoms with E-state index in [4.69, 9.17) is 0 Å². The van der Waals surface area contributed by atoms with Crippen LogP contribution in [0.15, 0.2) is 243 Å². The lowest BCUT2D eigenvalue weighted by molar-refractivity contribution is 0.569. The second-order valence-corrected chi connectivity index (χ2v) is 24.5. The molecule has 0 atom stereocenters. The van der Waals surface area contributed by atoms with Gasteiger partial charge in [-0.05, 0) is 173 Å². The van der Waals surface area contributed by atoms with Gasteiger partial charge in [0.2, 0.25) is 0 Å². The Kier molecular flexibility index (Phi) is 10.9. The fourth-order valence-electron chi connectivity index (χ4n) is 13.6. The quantitative estimate of drug-likeness (QED) is 0.111. The molecule has 80 heavy (non-hydrogen) atoms. The van der Waals surface area contributed by atoms with Gasteiger partial charge in [-0.3, -0.25) is 0 Å². The van der Waals surface area contributed by atoms with Gasteiger partial charge in [0.25, 0.3) is 0 Å². The topological polar surface area (TPSA) is 11.4 Å². The first kappa shape index (κ1) is 48.0. The SMILES string of the molecule is CC(C)(C)c1cc(N2c3cc4c(Cc5ccccc5)c5ccccc5c(Cc5ccccc5)c4cc3B3c4c(cc(N(c5ccccc5)c5ccccc5)cc42)-c2cc4ccccc4c4c5ccccc5n3c24)cc(C(C)(C)C)c1. The van der Waals surface area contributed by atoms with E-state index in [-0.39, 0.29) is 17.7 Å². The summed E-state index contributed by atoms with van der Waals surface area (Å²) in [4.78, 5) is 5.16. The molecular weight excluding hydrogens is 966 g/mol. The number of aromatic nitrogens is 1. The summed E-state index contributed by atoms with van der Waals surface area (Å²) in [6.07, 6.45) is 1.61. The van der Waals surface area contributed by atoms with Crippen molar-refractivity contribution in [2.45, 2.75) is 65.2 Å². The highest BCUT2D eigenvalue weighted by atomic mass is 15.2. The van der Waals surface area contributed by atoms with Gasteiger partial charge in [0.05, 0.1) is 0 Å². The summed E-state index contributed by atoms with van der Waals surface area (Å²) >= 11 is 0. The highest BCUT2D eigenvalue weighted by Crippen LogP contribution is 2.52. The van der Waals surface area contributed by atoms with Gasteiger partial charge in [-0.15, -0.1) is 0 Å². The molecule has 15 rings (SSSR count). The Balaban J connectivity index is 1.16. The molecule has 0 saturated carbocycles. The van der Waals surface area contributed by atoms with Crippen molar-refractivity contribution in [2.24, 2.45) is 0 Å². The third-order valence-electron chi connectivity index (χ3n) is 17.5. The summed E-state index contributed by atoms with van der Waals surface area (Å²) in [5, 5.41) is 10.4. The number of anilines is 6. The predicted molar refractivity (Wildman–Crippen MR) is 343 cm³/mol. The molecule has 3 heterocycles. The van der Waals surface area contributed by atoms with Gasteiger partial charge < -0.3 is 14.3 Å². The number of hydrogen-bond acceptors (Lipinski definition) is 2. The summed E-state index contributed by atoms with van der Waals surface area (Å²) < 4.78 is 2.75. The van der Waals surface area contributed by atoms with Crippen LogP contribution in [0, 0.1) is 0 Å². The minimum absolute atomic E-state index is 0.122. The predicted octanol–water partition coefficient (Wildman–Crippen LogP) is 18.9. The van der Waals surface area contributed by atoms with Crippen molar-refractivity contribution in [2.75, 3.05) is 9.80 Å². The van der Waals surface area contributed by atoms with Gasteiger partial charge in [-0.2, -0.15) is 0 Å². The zero-order valence-electron chi connectivity index (χ0n) is 46.4. The molecule has 0 radical (unpaired) electrons. The second kappa shape index (κ2) is 18.2. The molecule has 2 aliphatic heterocycles. The minimum atomic E-state index is -0.177. The molecule has 0 spiro atoms. The maximum absolute atomic E-state index is 2.75. The summed E-state index contributed by atoms with van der Waals surface area (Å²) in [6.45, 7) is 14.0. The van der Waals surface area contributed by atoms with Gasteiger partial charge in [0.1, 0.15) is 0 Å². The summed E-state index contributed by atoms with van der Waals surface area (Å²) in [5.41, 5.74) is 22.3. The van der Waals surface area contributed by atoms with Crippen LogP contribution in [0.4, 0.5) is 34.1 Å². The minimum Gasteiger partial charge on any atom is -0.375 e. The van der Waals surface area contributed by atoms with Gasteiger partial charge in [0, 0.05) is 61.5 Å². The molecule has 12 aromatic carbocycles. The fourth-order valence-corrected chi connectivity index (χ4v) is 13.6. The van der Waals surface area contributed by atoms with Gasteiger partial charge in [-0.25, -0.2) is 0 Å². The summed E-state index contributed by atoms with van der Waals surface area (Å²) in [7, 11) is 0. The van der Waals surface area contributed by atoms with Crippen LogP contribution in [0.3, 0.4) is 0 Å². The molecule has 2 aliphatic rings. The number of hydrogen-bond donors (Lipinski definition) is 0. The molecule has 0 unspecified atom stereocenters. The Bertz CT molecular complexity index is 4530. The first-order chi connectivity index (χ1) is 39.0. The zero-order chi connectivity index (χ0) is 54.0. The smallest absolute Gasteiger partial charge is 0.333 e. The van der Waals surface area contributed by atoms with E-state index in [1.807, 2.05) is 0 Å². The first-order valence-corrected chi connectivity index (χ1v) is 28.5. The molecule has 0 saturated heterocycles. The van der Waals surface area contributed by atoms with Crippen molar-refractivity contribution >= 4 is 106 Å². The second-order valence-electron chi connectivity index (χ2n) is 24.5. The molecular formula is C76H62BN3. The Hall–Kier alpha value is -9.12. The van der Waals surface area contributed by atoms with Crippen molar-refractivity contribution in [1.82, 2.24) is 4.48 Å². The lowest BCUT2D eigenvalue weighted by atomic mass is 9.44. The molecule has 384 valence electrons. The van der Waals surface area contributed by atoms with Crippen LogP contribution in [0.1, 0.15) is 74.9 Å². The molecule has 3 nitrogen and oxygen atoms in total. The van der Waals surface area contributed by atoms with Crippen molar-refractivity contribution in [3.05, 3.63) is 276 Å². The maximum Gasteiger partial charge on any atom is 0.333 e. The zero-order valence-corrected chi connectivity index (χ0v) is 46.4. The average molecular weight is 1030 g/mol. The standard InChI is InChI=1S/C76H62BN3/c1-75(2,3)52-42-53(76(4,5)6)44-56(43-52)79-70-48-65-63(40-50-27-13-8-14-28-50)60-36-22-21-35-59(60)62(39-49-25-11-7-12-26-49)64(65)47-68(70)77-73-66(45-57(46-71(73)79)78(54-30-15-9-16-31-54)55-32-17-10-18-33-55)67-41-51-29-19-20-34-58(51)72-61-37-23-24-38-69(61)80(77)74(67)72/h7-38,41-48H,39-40H2,1-6H3. The van der Waals surface area contributed by atoms with Crippen LogP contribution >= 0.6 is 0 Å². The summed E-state index contributed by atoms with van der Waals surface area (Å²) in [5.74, 6) is 0. The fraction of sp³-hybridized carbons (Fsp3) is 0.132. The highest BCUT2D eigenvalue weighted by Gasteiger charge is 2.44. The first-order valence-electron chi connectivity index (χ1n) is 28.5. The van der Waals surface area contributed by atoms with Crippen LogP contribution in [-0.4, -0.2) is 11.3 Å². The van der Waals surface area contributed by atoms with E-state index in [0.717, 1.165) is 29.9 Å². The van der Waals surface area contributed by atoms with Gasteiger partial charge in [0.15, 0.2) is 0 Å². The van der Waals surface area contributed by atoms with Gasteiger partial charge >= 0.3 is 6.85 Å². The van der Waals surface area contributed by atoms with E-state index >= 15 is 0 Å². The Morgan fingerprint density at radius 2 is 0.900 bits per heavy atom. The molecule has 0 amide bonds. The number of rotatable bonds is 8. The van der Waals surface area contributed by atoms with E-state index in [0.29, 0.717) is 0 Å². The van der Waals surface area contributed by atoms with Crippen LogP contribution in [-0.2, 0) is 23.7 Å². The van der Waals surface area contributed by atoms with Crippen LogP contribution in [0.2, 0.25) is 0 Å². The van der Waals surface area contributed by atoms with E-state index in [2.05, 4.69) is 298 Å². The number of nitrogens with zero attached hydrogens (tertiary/aromatic N) is 3. The molecule has 1 aromatic heterocycles. The normalized spacial score (nSPS) is 12.9. The molecule has 13 aromatic rings. The van der Waals surface area contributed by atoms with Crippen molar-refractivity contribution in [1.29, 1.82) is 0 Å². The van der Waals surface area contributed by atoms with Crippen molar-refractivity contribution < 1.29 is 0 Å². The molecule has 0 bridgehead atoms. The molecule has 0 N–H and O–H groups in total. The summed E-state index contributed by atoms with van der Waals surface area (Å²) in [6, 6.07) is 92.0. The Labute approximate surface area is 470 Å². The highest BCUT2D eigenvalue weighted by molar-refractivity contribution is 6.90. The Morgan fingerprint density at radius 3 is 1.48 bits per heavy atom. The van der Waals surface area contributed by atoms with Crippen LogP contribution in [0.25, 0.3) is 65.3 Å². The number of benzene rings is 12. The lowest BCUT2D eigenvalue weighted by Gasteiger charge is -2.42. The monoisotopic (exact) mass is 1030 g/mol. The third-order valence-corrected chi connectivity index (χ3v) is 17.5. The largest absolute Gasteiger partial charge is 0.375 e. The third kappa shape index (κ3) is 7.64. The van der Waals surface area contributed by atoms with E-state index in [1.54, 1.807) is 0 Å². The van der Waals surface area contributed by atoms with Crippen molar-refractivity contribution in [3.8, 4) is 11.1 Å². The number of fused-ring (bicyclic) bond motifs is 11. The number of para-hydroxylation sites is 3. The average Bonchev–Trinajstić information content (AvgIpc) is 3.35. The van der Waals surface area contributed by atoms with E-state index in [1.165, 1.54) is 127 Å². The van der Waals surface area contributed by atoms with Crippen LogP contribution in [0.5, 0.6) is 0 Å². The van der Waals surface area contributed by atoms with Crippen LogP contribution < -0.4 is 20.7 Å². The molecule has 0 fully saturated rings. The van der Waals surface area contributed by atoms with Crippen molar-refractivity contribution in [3.63, 3.8) is 0 Å². The van der Waals surface area contributed by atoms with E-state index in [9.17, 15) is 0 Å². The maximum atomic E-state index is 2.75. The lowest BCUT2D eigenvalue weighted by Crippen LogP contribution is -2.56. The molecule has 4 heteroatoms. The molecule has 0 aliphatic carbocycles. The van der Waals surface area contributed by atoms with E-state index < -0.39 is 0 Å². The van der Waals surface area contributed by atoms with Gasteiger partial charge in [-0.1, -0.05) is 217 Å². The Morgan fingerprint density at radius 1 is 0.400 bits per heavy atom.